The van der Waals surface area contributed by atoms with Gasteiger partial charge in [-0.05, 0) is 0 Å². The van der Waals surface area contributed by atoms with Crippen molar-refractivity contribution >= 4 is 28.5 Å². The maximum atomic E-state index is 6.79. The quantitative estimate of drug-likeness (QED) is 0.666. The predicted octanol–water partition coefficient (Wildman–Crippen LogP) is 2.04. The van der Waals surface area contributed by atoms with E-state index in [0.717, 1.165) is 11.0 Å². The Hall–Kier alpha value is -3.01. The van der Waals surface area contributed by atoms with Crippen LogP contribution in [0.1, 0.15) is 0 Å². The van der Waals surface area contributed by atoms with Gasteiger partial charge in [-0.15, -0.1) is 4.98 Å². The van der Waals surface area contributed by atoms with Gasteiger partial charge < -0.3 is 15.1 Å². The molecule has 3 aromatic rings. The molecule has 2 N–H and O–H groups in total. The summed E-state index contributed by atoms with van der Waals surface area (Å²) in [5.74, 6) is 1.42. The Morgan fingerprint density at radius 3 is 2.72 bits per heavy atom. The molecule has 3 aromatic heterocycles. The van der Waals surface area contributed by atoms with Crippen molar-refractivity contribution in [1.82, 2.24) is 24.9 Å². The molecule has 0 amide bonds. The van der Waals surface area contributed by atoms with E-state index < -0.39 is 0 Å². The molecule has 3 heterocycles. The average Bonchev–Trinajstić information content (AvgIpc) is 2.87. The van der Waals surface area contributed by atoms with Gasteiger partial charge in [0.1, 0.15) is 5.82 Å². The molecule has 7 nitrogen and oxygen atoms in total. The first-order valence-electron chi connectivity index (χ1n) is 5.11. The molecule has 0 aliphatic carbocycles. The molecule has 7 heteroatoms. The summed E-state index contributed by atoms with van der Waals surface area (Å²) in [5.41, 5.74) is 1.69. The second kappa shape index (κ2) is 4.10. The first-order valence-corrected chi connectivity index (χ1v) is 5.11. The molecule has 0 unspecified atom stereocenters. The van der Waals surface area contributed by atoms with E-state index in [1.165, 1.54) is 12.4 Å². The van der Waals surface area contributed by atoms with Crippen LogP contribution in [-0.2, 0) is 0 Å². The number of nitrogens with one attached hydrogen (secondary N) is 2. The summed E-state index contributed by atoms with van der Waals surface area (Å²) in [7, 11) is 0. The second-order valence-electron chi connectivity index (χ2n) is 3.49. The highest BCUT2D eigenvalue weighted by molar-refractivity contribution is 5.77. The van der Waals surface area contributed by atoms with Crippen LogP contribution in [0, 0.1) is 6.57 Å². The number of pyridine rings is 1. The van der Waals surface area contributed by atoms with Gasteiger partial charge in [-0.3, -0.25) is 0 Å². The minimum atomic E-state index is 0.260. The number of H-pyrrole nitrogens is 1. The van der Waals surface area contributed by atoms with Crippen LogP contribution in [0.3, 0.4) is 0 Å². The lowest BCUT2D eigenvalue weighted by Gasteiger charge is -2.02. The fourth-order valence-corrected chi connectivity index (χ4v) is 1.48. The Balaban J connectivity index is 1.88. The van der Waals surface area contributed by atoms with E-state index in [1.54, 1.807) is 18.6 Å². The number of hydrogen-bond acceptors (Lipinski definition) is 5. The molecule has 0 aromatic carbocycles. The zero-order valence-corrected chi connectivity index (χ0v) is 9.12. The Morgan fingerprint density at radius 1 is 1.06 bits per heavy atom. The lowest BCUT2D eigenvalue weighted by Crippen LogP contribution is -1.96. The van der Waals surface area contributed by atoms with E-state index in [-0.39, 0.29) is 5.82 Å². The standard InChI is InChI=1S/C11H7N7/c1-12-10-4-15-11(5-14-10)18-9-2-7-8(3-13-9)17-6-16-7/h2-6H,(H,16,17)(H,13,15,18). The molecule has 0 saturated carbocycles. The highest BCUT2D eigenvalue weighted by Gasteiger charge is 2.03. The fraction of sp³-hybridized carbons (Fsp3) is 0. The van der Waals surface area contributed by atoms with Gasteiger partial charge in [0.15, 0.2) is 12.0 Å². The molecule has 0 radical (unpaired) electrons. The molecule has 0 bridgehead atoms. The molecule has 0 saturated heterocycles. The van der Waals surface area contributed by atoms with Gasteiger partial charge in [0.05, 0.1) is 29.8 Å². The Labute approximate surface area is 102 Å². The van der Waals surface area contributed by atoms with Gasteiger partial charge in [-0.25, -0.2) is 15.0 Å². The van der Waals surface area contributed by atoms with Gasteiger partial charge in [-0.2, -0.15) is 0 Å². The van der Waals surface area contributed by atoms with Crippen molar-refractivity contribution in [2.24, 2.45) is 0 Å². The SMILES string of the molecule is [C-]#[N+]c1cnc(Nc2cc3nc[nH]c3cn2)cn1. The molecule has 0 spiro atoms. The highest BCUT2D eigenvalue weighted by atomic mass is 15.1. The Kier molecular flexibility index (Phi) is 2.32. The van der Waals surface area contributed by atoms with Crippen molar-refractivity contribution in [2.75, 3.05) is 5.32 Å². The van der Waals surface area contributed by atoms with Crippen molar-refractivity contribution in [1.29, 1.82) is 0 Å². The van der Waals surface area contributed by atoms with E-state index in [1.807, 2.05) is 0 Å². The van der Waals surface area contributed by atoms with Gasteiger partial charge in [0.25, 0.3) is 5.82 Å². The van der Waals surface area contributed by atoms with Crippen LogP contribution >= 0.6 is 0 Å². The Bertz CT molecular complexity index is 723. The molecule has 0 aliphatic heterocycles. The summed E-state index contributed by atoms with van der Waals surface area (Å²) in [6.07, 6.45) is 6.19. The molecule has 0 fully saturated rings. The average molecular weight is 237 g/mol. The maximum absolute atomic E-state index is 6.79. The lowest BCUT2D eigenvalue weighted by molar-refractivity contribution is 1.20. The van der Waals surface area contributed by atoms with Gasteiger partial charge in [-0.1, -0.05) is 6.57 Å². The van der Waals surface area contributed by atoms with E-state index in [4.69, 9.17) is 6.57 Å². The van der Waals surface area contributed by atoms with Crippen LogP contribution < -0.4 is 5.32 Å². The van der Waals surface area contributed by atoms with Crippen molar-refractivity contribution in [2.45, 2.75) is 0 Å². The summed E-state index contributed by atoms with van der Waals surface area (Å²) in [6, 6.07) is 1.80. The second-order valence-corrected chi connectivity index (χ2v) is 3.49. The minimum absolute atomic E-state index is 0.260. The summed E-state index contributed by atoms with van der Waals surface area (Å²) < 4.78 is 0. The van der Waals surface area contributed by atoms with Crippen LogP contribution in [0.5, 0.6) is 0 Å². The topological polar surface area (TPSA) is 83.7 Å². The first kappa shape index (κ1) is 10.2. The van der Waals surface area contributed by atoms with Crippen LogP contribution in [0.2, 0.25) is 0 Å². The molecular weight excluding hydrogens is 230 g/mol. The summed E-state index contributed by atoms with van der Waals surface area (Å²) in [6.45, 7) is 6.79. The normalized spacial score (nSPS) is 10.2. The largest absolute Gasteiger partial charge is 0.359 e. The van der Waals surface area contributed by atoms with E-state index in [2.05, 4.69) is 35.1 Å². The lowest BCUT2D eigenvalue weighted by atomic mass is 10.4. The third-order valence-electron chi connectivity index (χ3n) is 2.31. The Morgan fingerprint density at radius 2 is 1.94 bits per heavy atom. The summed E-state index contributed by atoms with van der Waals surface area (Å²) in [5, 5.41) is 3.00. The number of hydrogen-bond donors (Lipinski definition) is 2. The molecule has 18 heavy (non-hydrogen) atoms. The number of aromatic amines is 1. The van der Waals surface area contributed by atoms with Gasteiger partial charge >= 0.3 is 0 Å². The number of imidazole rings is 1. The minimum Gasteiger partial charge on any atom is -0.359 e. The molecule has 0 aliphatic rings. The van der Waals surface area contributed by atoms with E-state index in [0.29, 0.717) is 11.6 Å². The summed E-state index contributed by atoms with van der Waals surface area (Å²) in [4.78, 5) is 22.5. The number of nitrogens with zero attached hydrogens (tertiary/aromatic N) is 5. The highest BCUT2D eigenvalue weighted by Crippen LogP contribution is 2.16. The van der Waals surface area contributed by atoms with E-state index in [9.17, 15) is 0 Å². The molecular formula is C11H7N7. The van der Waals surface area contributed by atoms with Crippen molar-refractivity contribution in [3.8, 4) is 0 Å². The third kappa shape index (κ3) is 1.82. The molecule has 86 valence electrons. The van der Waals surface area contributed by atoms with Crippen molar-refractivity contribution in [3.63, 3.8) is 0 Å². The zero-order valence-electron chi connectivity index (χ0n) is 9.12. The molecule has 3 rings (SSSR count). The number of anilines is 2. The predicted molar refractivity (Wildman–Crippen MR) is 65.5 cm³/mol. The van der Waals surface area contributed by atoms with Crippen LogP contribution in [0.4, 0.5) is 17.5 Å². The maximum Gasteiger partial charge on any atom is 0.288 e. The van der Waals surface area contributed by atoms with Crippen molar-refractivity contribution in [3.05, 3.63) is 42.4 Å². The fourth-order valence-electron chi connectivity index (χ4n) is 1.48. The third-order valence-corrected chi connectivity index (χ3v) is 2.31. The zero-order chi connectivity index (χ0) is 12.4. The van der Waals surface area contributed by atoms with Crippen molar-refractivity contribution < 1.29 is 0 Å². The van der Waals surface area contributed by atoms with Crippen LogP contribution in [0.25, 0.3) is 15.9 Å². The number of rotatable bonds is 2. The van der Waals surface area contributed by atoms with Gasteiger partial charge in [0, 0.05) is 6.07 Å². The summed E-state index contributed by atoms with van der Waals surface area (Å²) >= 11 is 0. The first-order chi connectivity index (χ1) is 8.85. The molecule has 0 atom stereocenters. The van der Waals surface area contributed by atoms with E-state index >= 15 is 0 Å². The van der Waals surface area contributed by atoms with Crippen LogP contribution in [0.15, 0.2) is 31.0 Å². The number of fused-ring (bicyclic) bond motifs is 1. The number of aromatic nitrogens is 5. The monoisotopic (exact) mass is 237 g/mol. The van der Waals surface area contributed by atoms with Gasteiger partial charge in [0.2, 0.25) is 0 Å². The smallest absolute Gasteiger partial charge is 0.288 e. The van der Waals surface area contributed by atoms with Crippen LogP contribution in [-0.4, -0.2) is 24.9 Å².